The molecule has 2 heterocycles. The van der Waals surface area contributed by atoms with Gasteiger partial charge in [-0.2, -0.15) is 11.8 Å². The highest BCUT2D eigenvalue weighted by Crippen LogP contribution is 2.26. The molecule has 0 saturated carbocycles. The number of thioether (sulfide) groups is 1. The lowest BCUT2D eigenvalue weighted by molar-refractivity contribution is 0.103. The van der Waals surface area contributed by atoms with Crippen LogP contribution in [-0.2, 0) is 6.54 Å². The van der Waals surface area contributed by atoms with E-state index in [0.29, 0.717) is 4.88 Å². The lowest BCUT2D eigenvalue weighted by atomic mass is 10.1. The molecule has 1 aliphatic heterocycles. The van der Waals surface area contributed by atoms with Gasteiger partial charge >= 0.3 is 0 Å². The van der Waals surface area contributed by atoms with Gasteiger partial charge in [0.1, 0.15) is 9.88 Å². The lowest BCUT2D eigenvalue weighted by Gasteiger charge is -2.26. The minimum Gasteiger partial charge on any atom is -0.321 e. The van der Waals surface area contributed by atoms with Gasteiger partial charge in [-0.3, -0.25) is 9.69 Å². The Balaban J connectivity index is 1.42. The van der Waals surface area contributed by atoms with Crippen LogP contribution >= 0.6 is 23.1 Å². The first-order chi connectivity index (χ1) is 13.7. The van der Waals surface area contributed by atoms with E-state index < -0.39 is 0 Å². The number of amides is 1. The molecule has 28 heavy (non-hydrogen) atoms. The Morgan fingerprint density at radius 2 is 1.93 bits per heavy atom. The zero-order valence-electron chi connectivity index (χ0n) is 15.9. The van der Waals surface area contributed by atoms with Crippen LogP contribution in [0.1, 0.15) is 20.8 Å². The van der Waals surface area contributed by atoms with Crippen molar-refractivity contribution < 1.29 is 4.79 Å². The van der Waals surface area contributed by atoms with E-state index in [1.165, 1.54) is 28.4 Å². The van der Waals surface area contributed by atoms with E-state index in [1.54, 1.807) is 6.20 Å². The molecule has 1 saturated heterocycles. The third-order valence-electron chi connectivity index (χ3n) is 4.80. The number of nitrogens with one attached hydrogen (secondary N) is 1. The third-order valence-corrected chi connectivity index (χ3v) is 6.79. The van der Waals surface area contributed by atoms with E-state index in [2.05, 4.69) is 27.3 Å². The fraction of sp³-hybridized carbons (Fsp3) is 0.273. The maximum Gasteiger partial charge on any atom is 0.267 e. The van der Waals surface area contributed by atoms with E-state index in [9.17, 15) is 4.79 Å². The molecule has 3 aromatic rings. The quantitative estimate of drug-likeness (QED) is 0.650. The summed E-state index contributed by atoms with van der Waals surface area (Å²) in [7, 11) is 0. The average Bonchev–Trinajstić information content (AvgIpc) is 3.22. The highest BCUT2D eigenvalue weighted by atomic mass is 32.2. The smallest absolute Gasteiger partial charge is 0.267 e. The van der Waals surface area contributed by atoms with Crippen LogP contribution < -0.4 is 5.32 Å². The molecule has 0 aliphatic carbocycles. The van der Waals surface area contributed by atoms with Gasteiger partial charge in [-0.05, 0) is 24.1 Å². The number of nitrogens with zero attached hydrogens (tertiary/aromatic N) is 2. The standard InChI is InChI=1S/C22H23N3OS2/c1-16-13-17(15-25-9-11-27-12-10-25)7-8-19(16)24-21(26)20-14-23-22(28-20)18-5-3-2-4-6-18/h2-8,13-14H,9-12,15H2,1H3,(H,24,26). The number of carbonyl (C=O) groups is 1. The Morgan fingerprint density at radius 3 is 2.68 bits per heavy atom. The Hall–Kier alpha value is -2.15. The molecule has 1 N–H and O–H groups in total. The zero-order valence-corrected chi connectivity index (χ0v) is 17.5. The van der Waals surface area contributed by atoms with Crippen molar-refractivity contribution in [3.63, 3.8) is 0 Å². The van der Waals surface area contributed by atoms with Gasteiger partial charge in [0.05, 0.1) is 6.20 Å². The van der Waals surface area contributed by atoms with Crippen molar-refractivity contribution in [2.24, 2.45) is 0 Å². The van der Waals surface area contributed by atoms with E-state index in [-0.39, 0.29) is 5.91 Å². The lowest BCUT2D eigenvalue weighted by Crippen LogP contribution is -2.31. The molecule has 6 heteroatoms. The molecule has 0 atom stereocenters. The number of carbonyl (C=O) groups excluding carboxylic acids is 1. The Bertz CT molecular complexity index is 949. The molecule has 1 fully saturated rings. The maximum atomic E-state index is 12.7. The van der Waals surface area contributed by atoms with Gasteiger partial charge in [-0.25, -0.2) is 4.98 Å². The third kappa shape index (κ3) is 4.63. The molecule has 0 bridgehead atoms. The maximum absolute atomic E-state index is 12.7. The number of aryl methyl sites for hydroxylation is 1. The fourth-order valence-electron chi connectivity index (χ4n) is 3.26. The topological polar surface area (TPSA) is 45.2 Å². The molecule has 0 spiro atoms. The van der Waals surface area contributed by atoms with Crippen molar-refractivity contribution in [3.05, 3.63) is 70.7 Å². The van der Waals surface area contributed by atoms with Crippen LogP contribution in [0.25, 0.3) is 10.6 Å². The summed E-state index contributed by atoms with van der Waals surface area (Å²) in [6, 6.07) is 16.2. The van der Waals surface area contributed by atoms with Crippen molar-refractivity contribution in [3.8, 4) is 10.6 Å². The molecular weight excluding hydrogens is 386 g/mol. The Morgan fingerprint density at radius 1 is 1.14 bits per heavy atom. The first kappa shape index (κ1) is 19.2. The normalized spacial score (nSPS) is 14.8. The summed E-state index contributed by atoms with van der Waals surface area (Å²) < 4.78 is 0. The second-order valence-corrected chi connectivity index (χ2v) is 9.14. The SMILES string of the molecule is Cc1cc(CN2CCSCC2)ccc1NC(=O)c1cnc(-c2ccccc2)s1. The van der Waals surface area contributed by atoms with Gasteiger partial charge in [-0.1, -0.05) is 42.5 Å². The van der Waals surface area contributed by atoms with Crippen LogP contribution in [0.4, 0.5) is 5.69 Å². The summed E-state index contributed by atoms with van der Waals surface area (Å²) in [5.41, 5.74) is 4.28. The monoisotopic (exact) mass is 409 g/mol. The minimum atomic E-state index is -0.108. The number of thiazole rings is 1. The van der Waals surface area contributed by atoms with Crippen LogP contribution in [-0.4, -0.2) is 40.4 Å². The largest absolute Gasteiger partial charge is 0.321 e. The Kier molecular flexibility index (Phi) is 6.10. The van der Waals surface area contributed by atoms with Crippen LogP contribution in [0.3, 0.4) is 0 Å². The van der Waals surface area contributed by atoms with E-state index >= 15 is 0 Å². The van der Waals surface area contributed by atoms with Gasteiger partial charge in [0, 0.05) is 42.4 Å². The summed E-state index contributed by atoms with van der Waals surface area (Å²) >= 11 is 3.44. The van der Waals surface area contributed by atoms with Crippen LogP contribution in [0.5, 0.6) is 0 Å². The average molecular weight is 410 g/mol. The highest BCUT2D eigenvalue weighted by molar-refractivity contribution is 7.99. The molecule has 4 nitrogen and oxygen atoms in total. The van der Waals surface area contributed by atoms with Gasteiger partial charge in [0.25, 0.3) is 5.91 Å². The summed E-state index contributed by atoms with van der Waals surface area (Å²) in [5, 5.41) is 3.90. The predicted octanol–water partition coefficient (Wildman–Crippen LogP) is 4.92. The summed E-state index contributed by atoms with van der Waals surface area (Å²) in [4.78, 5) is 20.2. The van der Waals surface area contributed by atoms with Gasteiger partial charge in [0.2, 0.25) is 0 Å². The van der Waals surface area contributed by atoms with E-state index in [0.717, 1.165) is 41.5 Å². The van der Waals surface area contributed by atoms with Gasteiger partial charge in [0.15, 0.2) is 0 Å². The molecule has 0 unspecified atom stereocenters. The minimum absolute atomic E-state index is 0.108. The number of hydrogen-bond donors (Lipinski definition) is 1. The van der Waals surface area contributed by atoms with Crippen LogP contribution in [0, 0.1) is 6.92 Å². The van der Waals surface area contributed by atoms with Gasteiger partial charge in [-0.15, -0.1) is 11.3 Å². The summed E-state index contributed by atoms with van der Waals surface area (Å²) in [6.45, 7) is 5.33. The van der Waals surface area contributed by atoms with Crippen LogP contribution in [0.2, 0.25) is 0 Å². The number of rotatable bonds is 5. The van der Waals surface area contributed by atoms with Crippen LogP contribution in [0.15, 0.2) is 54.7 Å². The van der Waals surface area contributed by atoms with Crippen molar-refractivity contribution in [2.45, 2.75) is 13.5 Å². The molecule has 4 rings (SSSR count). The van der Waals surface area contributed by atoms with Crippen molar-refractivity contribution >= 4 is 34.7 Å². The molecule has 2 aromatic carbocycles. The number of benzene rings is 2. The first-order valence-electron chi connectivity index (χ1n) is 9.41. The van der Waals surface area contributed by atoms with E-state index in [4.69, 9.17) is 0 Å². The molecule has 144 valence electrons. The van der Waals surface area contributed by atoms with E-state index in [1.807, 2.05) is 55.1 Å². The highest BCUT2D eigenvalue weighted by Gasteiger charge is 2.14. The van der Waals surface area contributed by atoms with Gasteiger partial charge < -0.3 is 5.32 Å². The summed E-state index contributed by atoms with van der Waals surface area (Å²) in [6.07, 6.45) is 1.65. The molecule has 1 amide bonds. The zero-order chi connectivity index (χ0) is 19.3. The predicted molar refractivity (Wildman–Crippen MR) is 119 cm³/mol. The van der Waals surface area contributed by atoms with Crippen molar-refractivity contribution in [1.82, 2.24) is 9.88 Å². The first-order valence-corrected chi connectivity index (χ1v) is 11.4. The summed E-state index contributed by atoms with van der Waals surface area (Å²) in [5.74, 6) is 2.32. The second-order valence-electron chi connectivity index (χ2n) is 6.89. The molecule has 0 radical (unpaired) electrons. The fourth-order valence-corrected chi connectivity index (χ4v) is 5.05. The number of anilines is 1. The Labute approximate surface area is 174 Å². The molecular formula is C22H23N3OS2. The molecule has 1 aliphatic rings. The number of aromatic nitrogens is 1. The van der Waals surface area contributed by atoms with Crippen molar-refractivity contribution in [1.29, 1.82) is 0 Å². The van der Waals surface area contributed by atoms with Crippen molar-refractivity contribution in [2.75, 3.05) is 29.9 Å². The number of hydrogen-bond acceptors (Lipinski definition) is 5. The second kappa shape index (κ2) is 8.90. The molecule has 1 aromatic heterocycles.